The number of benzene rings is 1. The summed E-state index contributed by atoms with van der Waals surface area (Å²) in [6.45, 7) is 10.2. The zero-order chi connectivity index (χ0) is 22.8. The number of nitrogens with zero attached hydrogens (tertiary/aromatic N) is 1. The van der Waals surface area contributed by atoms with Gasteiger partial charge in [0.1, 0.15) is 5.60 Å². The minimum Gasteiger partial charge on any atom is -0.444 e. The number of carbonyl (C=O) groups is 3. The van der Waals surface area contributed by atoms with Gasteiger partial charge < -0.3 is 20.3 Å². The molecule has 0 aliphatic carbocycles. The van der Waals surface area contributed by atoms with Gasteiger partial charge in [0, 0.05) is 24.6 Å². The molecule has 1 fully saturated rings. The van der Waals surface area contributed by atoms with E-state index in [1.54, 1.807) is 4.90 Å². The van der Waals surface area contributed by atoms with Crippen molar-refractivity contribution in [1.82, 2.24) is 10.2 Å². The van der Waals surface area contributed by atoms with E-state index in [1.165, 1.54) is 0 Å². The Morgan fingerprint density at radius 3 is 2.65 bits per heavy atom. The number of hydrogen-bond acceptors (Lipinski definition) is 4. The zero-order valence-electron chi connectivity index (χ0n) is 19.2. The smallest absolute Gasteiger partial charge is 0.410 e. The van der Waals surface area contributed by atoms with Crippen molar-refractivity contribution in [3.63, 3.8) is 0 Å². The maximum atomic E-state index is 12.7. The second kappa shape index (κ2) is 9.28. The Balaban J connectivity index is 1.55. The summed E-state index contributed by atoms with van der Waals surface area (Å²) < 4.78 is 5.53. The lowest BCUT2D eigenvalue weighted by Crippen LogP contribution is -2.59. The highest BCUT2D eigenvalue weighted by molar-refractivity contribution is 5.96. The van der Waals surface area contributed by atoms with Crippen LogP contribution in [0.5, 0.6) is 0 Å². The molecule has 4 atom stereocenters. The highest BCUT2D eigenvalue weighted by Gasteiger charge is 2.38. The number of hydrogen-bond donors (Lipinski definition) is 2. The summed E-state index contributed by atoms with van der Waals surface area (Å²) in [5, 5.41) is 6.06. The zero-order valence-corrected chi connectivity index (χ0v) is 19.2. The first-order valence-electron chi connectivity index (χ1n) is 11.2. The van der Waals surface area contributed by atoms with E-state index in [0.29, 0.717) is 19.4 Å². The monoisotopic (exact) mass is 429 g/mol. The van der Waals surface area contributed by atoms with Crippen molar-refractivity contribution in [2.75, 3.05) is 11.9 Å². The second-order valence-electron chi connectivity index (χ2n) is 9.86. The van der Waals surface area contributed by atoms with Gasteiger partial charge in [0.2, 0.25) is 11.8 Å². The molecule has 1 aromatic rings. The predicted octanol–water partition coefficient (Wildman–Crippen LogP) is 3.73. The van der Waals surface area contributed by atoms with E-state index in [2.05, 4.69) is 17.6 Å². The highest BCUT2D eigenvalue weighted by Crippen LogP contribution is 2.28. The number of ether oxygens (including phenoxy) is 1. The van der Waals surface area contributed by atoms with Gasteiger partial charge in [-0.25, -0.2) is 4.79 Å². The van der Waals surface area contributed by atoms with E-state index >= 15 is 0 Å². The maximum Gasteiger partial charge on any atom is 0.410 e. The largest absolute Gasteiger partial charge is 0.444 e. The maximum absolute atomic E-state index is 12.7. The first-order chi connectivity index (χ1) is 14.5. The van der Waals surface area contributed by atoms with Gasteiger partial charge in [-0.2, -0.15) is 0 Å². The van der Waals surface area contributed by atoms with Crippen molar-refractivity contribution in [3.8, 4) is 0 Å². The Bertz CT molecular complexity index is 832. The third-order valence-corrected chi connectivity index (χ3v) is 6.24. The molecule has 3 rings (SSSR count). The van der Waals surface area contributed by atoms with Crippen LogP contribution in [0.4, 0.5) is 10.5 Å². The molecule has 2 aliphatic rings. The lowest BCUT2D eigenvalue weighted by Gasteiger charge is -2.43. The third kappa shape index (κ3) is 5.77. The molecule has 7 heteroatoms. The quantitative estimate of drug-likeness (QED) is 0.763. The summed E-state index contributed by atoms with van der Waals surface area (Å²) in [7, 11) is 0. The second-order valence-corrected chi connectivity index (χ2v) is 9.86. The molecule has 31 heavy (non-hydrogen) atoms. The summed E-state index contributed by atoms with van der Waals surface area (Å²) in [5.74, 6) is -0.0639. The molecule has 0 aromatic heterocycles. The van der Waals surface area contributed by atoms with Crippen LogP contribution in [0.2, 0.25) is 0 Å². The van der Waals surface area contributed by atoms with Crippen LogP contribution < -0.4 is 10.6 Å². The Morgan fingerprint density at radius 1 is 1.23 bits per heavy atom. The van der Waals surface area contributed by atoms with E-state index in [9.17, 15) is 14.4 Å². The van der Waals surface area contributed by atoms with Crippen molar-refractivity contribution >= 4 is 23.6 Å². The predicted molar refractivity (Wildman–Crippen MR) is 120 cm³/mol. The summed E-state index contributed by atoms with van der Waals surface area (Å²) in [4.78, 5) is 39.4. The van der Waals surface area contributed by atoms with E-state index in [-0.39, 0.29) is 48.2 Å². The number of likely N-dealkylation sites (tertiary alicyclic amines) is 1. The fourth-order valence-electron chi connectivity index (χ4n) is 4.45. The van der Waals surface area contributed by atoms with Crippen LogP contribution in [0.3, 0.4) is 0 Å². The van der Waals surface area contributed by atoms with Crippen LogP contribution >= 0.6 is 0 Å². The molecule has 0 saturated carbocycles. The Kier molecular flexibility index (Phi) is 6.92. The topological polar surface area (TPSA) is 87.7 Å². The molecule has 2 heterocycles. The number of para-hydroxylation sites is 1. The van der Waals surface area contributed by atoms with Crippen LogP contribution in [0, 0.1) is 11.8 Å². The lowest BCUT2D eigenvalue weighted by atomic mass is 9.87. The van der Waals surface area contributed by atoms with Gasteiger partial charge in [-0.1, -0.05) is 25.1 Å². The minimum absolute atomic E-state index is 0.0259. The first-order valence-corrected chi connectivity index (χ1v) is 11.2. The highest BCUT2D eigenvalue weighted by atomic mass is 16.6. The molecule has 170 valence electrons. The number of anilines is 1. The van der Waals surface area contributed by atoms with Crippen LogP contribution in [0.25, 0.3) is 0 Å². The average molecular weight is 430 g/mol. The molecule has 0 spiro atoms. The van der Waals surface area contributed by atoms with Crippen molar-refractivity contribution in [1.29, 1.82) is 0 Å². The summed E-state index contributed by atoms with van der Waals surface area (Å²) in [6.07, 6.45) is 1.89. The fourth-order valence-corrected chi connectivity index (χ4v) is 4.45. The summed E-state index contributed by atoms with van der Waals surface area (Å²) in [6, 6.07) is 7.47. The normalized spacial score (nSPS) is 26.0. The Labute approximate surface area is 184 Å². The van der Waals surface area contributed by atoms with Crippen LogP contribution in [-0.4, -0.2) is 47.0 Å². The van der Waals surface area contributed by atoms with Gasteiger partial charge in [-0.15, -0.1) is 0 Å². The Morgan fingerprint density at radius 2 is 1.94 bits per heavy atom. The molecule has 7 nitrogen and oxygen atoms in total. The van der Waals surface area contributed by atoms with Crippen LogP contribution in [-0.2, 0) is 20.7 Å². The third-order valence-electron chi connectivity index (χ3n) is 6.24. The van der Waals surface area contributed by atoms with Gasteiger partial charge in [-0.05, 0) is 64.5 Å². The molecular weight excluding hydrogens is 394 g/mol. The molecule has 0 radical (unpaired) electrons. The van der Waals surface area contributed by atoms with E-state index < -0.39 is 5.60 Å². The minimum atomic E-state index is -0.558. The average Bonchev–Trinajstić information content (AvgIpc) is 2.68. The number of amides is 3. The summed E-state index contributed by atoms with van der Waals surface area (Å²) in [5.41, 5.74) is 1.41. The molecule has 1 aromatic carbocycles. The number of nitrogens with one attached hydrogen (secondary N) is 2. The van der Waals surface area contributed by atoms with E-state index in [0.717, 1.165) is 17.7 Å². The Hall–Kier alpha value is -2.57. The van der Waals surface area contributed by atoms with Gasteiger partial charge in [0.15, 0.2) is 0 Å². The molecule has 0 unspecified atom stereocenters. The number of fused-ring (bicyclic) bond motifs is 1. The summed E-state index contributed by atoms with van der Waals surface area (Å²) >= 11 is 0. The first kappa shape index (κ1) is 23.1. The van der Waals surface area contributed by atoms with Crippen molar-refractivity contribution in [3.05, 3.63) is 29.8 Å². The number of rotatable bonds is 4. The van der Waals surface area contributed by atoms with E-state index in [4.69, 9.17) is 4.74 Å². The van der Waals surface area contributed by atoms with Gasteiger partial charge in [-0.3, -0.25) is 9.59 Å². The van der Waals surface area contributed by atoms with E-state index in [1.807, 2.05) is 52.0 Å². The standard InChI is InChI=1S/C24H35N3O4/c1-15-12-13-27(23(30)31-24(3,4)5)16(2)21(15)26-20(28)11-10-18-14-17-8-6-7-9-19(17)25-22(18)29/h6-9,15-16,18,21H,10-14H2,1-5H3,(H,25,29)(H,26,28)/t15-,16-,18+,21+/m1/s1. The van der Waals surface area contributed by atoms with Crippen molar-refractivity contribution < 1.29 is 19.1 Å². The van der Waals surface area contributed by atoms with Gasteiger partial charge in [0.25, 0.3) is 0 Å². The SMILES string of the molecule is C[C@@H]1CCN(C(=O)OC(C)(C)C)[C@H](C)[C@H]1NC(=O)CC[C@H]1Cc2ccccc2NC1=O. The fraction of sp³-hybridized carbons (Fsp3) is 0.625. The van der Waals surface area contributed by atoms with Crippen LogP contribution in [0.1, 0.15) is 59.4 Å². The van der Waals surface area contributed by atoms with Crippen LogP contribution in [0.15, 0.2) is 24.3 Å². The van der Waals surface area contributed by atoms with Crippen molar-refractivity contribution in [2.45, 2.75) is 78.0 Å². The molecule has 2 aliphatic heterocycles. The molecular formula is C24H35N3O4. The number of carbonyl (C=O) groups excluding carboxylic acids is 3. The number of piperidine rings is 1. The molecule has 0 bridgehead atoms. The van der Waals surface area contributed by atoms with Gasteiger partial charge >= 0.3 is 6.09 Å². The lowest BCUT2D eigenvalue weighted by molar-refractivity contribution is -0.124. The molecule has 3 amide bonds. The van der Waals surface area contributed by atoms with Gasteiger partial charge in [0.05, 0.1) is 12.1 Å². The van der Waals surface area contributed by atoms with Crippen molar-refractivity contribution in [2.24, 2.45) is 11.8 Å². The molecule has 1 saturated heterocycles. The molecule has 2 N–H and O–H groups in total.